The number of amides is 1. The molecule has 0 radical (unpaired) electrons. The Morgan fingerprint density at radius 1 is 1.25 bits per heavy atom. The third-order valence-electron chi connectivity index (χ3n) is 4.68. The lowest BCUT2D eigenvalue weighted by atomic mass is 10.2. The SMILES string of the molecule is CCc1cc(C(=O)Nc2ccc3c(c2)OC2(CCCC2)O3)n(C)n1. The molecule has 1 fully saturated rings. The number of hydrogen-bond acceptors (Lipinski definition) is 4. The Kier molecular flexibility index (Phi) is 3.48. The normalized spacial score (nSPS) is 17.4. The standard InChI is InChI=1S/C18H21N3O3/c1-3-12-10-14(21(2)20-12)17(22)19-13-6-7-15-16(11-13)24-18(23-15)8-4-5-9-18/h6-7,10-11H,3-5,8-9H2,1-2H3,(H,19,22). The molecule has 1 aromatic heterocycles. The summed E-state index contributed by atoms with van der Waals surface area (Å²) in [5.74, 6) is 0.792. The van der Waals surface area contributed by atoms with Gasteiger partial charge in [-0.1, -0.05) is 6.92 Å². The van der Waals surface area contributed by atoms with Crippen molar-refractivity contribution >= 4 is 11.6 Å². The summed E-state index contributed by atoms with van der Waals surface area (Å²) < 4.78 is 13.6. The van der Waals surface area contributed by atoms with Crippen molar-refractivity contribution in [2.45, 2.75) is 44.8 Å². The fourth-order valence-corrected chi connectivity index (χ4v) is 3.40. The molecule has 0 saturated heterocycles. The Hall–Kier alpha value is -2.50. The van der Waals surface area contributed by atoms with Crippen LogP contribution in [0.15, 0.2) is 24.3 Å². The van der Waals surface area contributed by atoms with Gasteiger partial charge in [0.05, 0.1) is 5.69 Å². The van der Waals surface area contributed by atoms with Gasteiger partial charge >= 0.3 is 0 Å². The highest BCUT2D eigenvalue weighted by Crippen LogP contribution is 2.47. The van der Waals surface area contributed by atoms with Crippen molar-refractivity contribution in [1.29, 1.82) is 0 Å². The Bertz CT molecular complexity index is 791. The zero-order valence-corrected chi connectivity index (χ0v) is 14.0. The van der Waals surface area contributed by atoms with E-state index in [1.54, 1.807) is 11.7 Å². The monoisotopic (exact) mass is 327 g/mol. The summed E-state index contributed by atoms with van der Waals surface area (Å²) in [7, 11) is 1.78. The Balaban J connectivity index is 1.52. The maximum absolute atomic E-state index is 12.5. The van der Waals surface area contributed by atoms with Gasteiger partial charge < -0.3 is 14.8 Å². The quantitative estimate of drug-likeness (QED) is 0.939. The van der Waals surface area contributed by atoms with Crippen molar-refractivity contribution in [2.75, 3.05) is 5.32 Å². The molecule has 1 saturated carbocycles. The van der Waals surface area contributed by atoms with E-state index in [1.165, 1.54) is 0 Å². The molecule has 24 heavy (non-hydrogen) atoms. The van der Waals surface area contributed by atoms with Crippen molar-refractivity contribution < 1.29 is 14.3 Å². The minimum absolute atomic E-state index is 0.181. The zero-order chi connectivity index (χ0) is 16.7. The van der Waals surface area contributed by atoms with Crippen LogP contribution in [-0.4, -0.2) is 21.5 Å². The first-order chi connectivity index (χ1) is 11.6. The predicted molar refractivity (Wildman–Crippen MR) is 89.4 cm³/mol. The number of carbonyl (C=O) groups excluding carboxylic acids is 1. The molecule has 0 bridgehead atoms. The first-order valence-corrected chi connectivity index (χ1v) is 8.45. The molecule has 1 amide bonds. The lowest BCUT2D eigenvalue weighted by Gasteiger charge is -2.21. The number of rotatable bonds is 3. The maximum atomic E-state index is 12.5. The van der Waals surface area contributed by atoms with Crippen LogP contribution in [0.1, 0.15) is 48.8 Å². The van der Waals surface area contributed by atoms with E-state index in [4.69, 9.17) is 9.47 Å². The number of aromatic nitrogens is 2. The van der Waals surface area contributed by atoms with Crippen LogP contribution < -0.4 is 14.8 Å². The van der Waals surface area contributed by atoms with Crippen LogP contribution in [0.2, 0.25) is 0 Å². The topological polar surface area (TPSA) is 65.4 Å². The van der Waals surface area contributed by atoms with Gasteiger partial charge in [0.15, 0.2) is 11.5 Å². The minimum atomic E-state index is -0.483. The highest BCUT2D eigenvalue weighted by atomic mass is 16.7. The number of anilines is 1. The number of fused-ring (bicyclic) bond motifs is 1. The molecule has 1 aromatic carbocycles. The molecule has 0 atom stereocenters. The Morgan fingerprint density at radius 2 is 2.00 bits per heavy atom. The number of aryl methyl sites for hydroxylation is 2. The predicted octanol–water partition coefficient (Wildman–Crippen LogP) is 3.28. The summed E-state index contributed by atoms with van der Waals surface area (Å²) in [4.78, 5) is 12.5. The van der Waals surface area contributed by atoms with Crippen molar-refractivity contribution in [3.8, 4) is 11.5 Å². The van der Waals surface area contributed by atoms with E-state index < -0.39 is 5.79 Å². The van der Waals surface area contributed by atoms with Gasteiger partial charge in [0.25, 0.3) is 11.7 Å². The van der Waals surface area contributed by atoms with Crippen LogP contribution in [0, 0.1) is 0 Å². The maximum Gasteiger partial charge on any atom is 0.273 e. The first kappa shape index (κ1) is 15.1. The molecule has 0 unspecified atom stereocenters. The van der Waals surface area contributed by atoms with Gasteiger partial charge in [0.1, 0.15) is 5.69 Å². The molecule has 1 N–H and O–H groups in total. The molecule has 126 valence electrons. The number of benzene rings is 1. The molecule has 1 aliphatic carbocycles. The molecule has 1 aliphatic heterocycles. The number of nitrogens with zero attached hydrogens (tertiary/aromatic N) is 2. The van der Waals surface area contributed by atoms with Crippen molar-refractivity contribution in [3.05, 3.63) is 35.7 Å². The second-order valence-corrected chi connectivity index (χ2v) is 6.44. The highest BCUT2D eigenvalue weighted by Gasteiger charge is 2.44. The number of hydrogen-bond donors (Lipinski definition) is 1. The lowest BCUT2D eigenvalue weighted by molar-refractivity contribution is -0.0716. The fourth-order valence-electron chi connectivity index (χ4n) is 3.40. The molecule has 2 aliphatic rings. The lowest BCUT2D eigenvalue weighted by Crippen LogP contribution is -2.34. The minimum Gasteiger partial charge on any atom is -0.448 e. The van der Waals surface area contributed by atoms with Crippen LogP contribution in [0.4, 0.5) is 5.69 Å². The fraction of sp³-hybridized carbons (Fsp3) is 0.444. The molecule has 6 nitrogen and oxygen atoms in total. The van der Waals surface area contributed by atoms with Crippen molar-refractivity contribution in [3.63, 3.8) is 0 Å². The Labute approximate surface area is 140 Å². The number of nitrogens with one attached hydrogen (secondary N) is 1. The van der Waals surface area contributed by atoms with Gasteiger partial charge in [-0.05, 0) is 37.5 Å². The van der Waals surface area contributed by atoms with E-state index >= 15 is 0 Å². The summed E-state index contributed by atoms with van der Waals surface area (Å²) in [5.41, 5.74) is 2.13. The van der Waals surface area contributed by atoms with Crippen LogP contribution >= 0.6 is 0 Å². The summed E-state index contributed by atoms with van der Waals surface area (Å²) >= 11 is 0. The van der Waals surface area contributed by atoms with Crippen LogP contribution in [0.3, 0.4) is 0 Å². The number of carbonyl (C=O) groups is 1. The number of ether oxygens (including phenoxy) is 2. The summed E-state index contributed by atoms with van der Waals surface area (Å²) in [5, 5.41) is 7.22. The molecule has 6 heteroatoms. The van der Waals surface area contributed by atoms with E-state index in [1.807, 2.05) is 31.2 Å². The van der Waals surface area contributed by atoms with Gasteiger partial charge in [-0.15, -0.1) is 0 Å². The summed E-state index contributed by atoms with van der Waals surface area (Å²) in [6.45, 7) is 2.01. The van der Waals surface area contributed by atoms with E-state index in [9.17, 15) is 4.79 Å². The average molecular weight is 327 g/mol. The van der Waals surface area contributed by atoms with Crippen LogP contribution in [0.5, 0.6) is 11.5 Å². The van der Waals surface area contributed by atoms with E-state index in [2.05, 4.69) is 10.4 Å². The first-order valence-electron chi connectivity index (χ1n) is 8.45. The average Bonchev–Trinajstić information content (AvgIpc) is 3.25. The summed E-state index contributed by atoms with van der Waals surface area (Å²) in [6, 6.07) is 7.34. The molecule has 4 rings (SSSR count). The van der Waals surface area contributed by atoms with Gasteiger partial charge in [-0.25, -0.2) is 0 Å². The zero-order valence-electron chi connectivity index (χ0n) is 14.0. The van der Waals surface area contributed by atoms with Crippen molar-refractivity contribution in [2.24, 2.45) is 7.05 Å². The highest BCUT2D eigenvalue weighted by molar-refractivity contribution is 6.03. The molecule has 2 aromatic rings. The smallest absolute Gasteiger partial charge is 0.273 e. The molecule has 2 heterocycles. The van der Waals surface area contributed by atoms with Crippen molar-refractivity contribution in [1.82, 2.24) is 9.78 Å². The second kappa shape index (κ2) is 5.54. The largest absolute Gasteiger partial charge is 0.448 e. The Morgan fingerprint density at radius 3 is 2.71 bits per heavy atom. The van der Waals surface area contributed by atoms with Crippen LogP contribution in [-0.2, 0) is 13.5 Å². The molecule has 1 spiro atoms. The van der Waals surface area contributed by atoms with Crippen LogP contribution in [0.25, 0.3) is 0 Å². The van der Waals surface area contributed by atoms with Gasteiger partial charge in [0, 0.05) is 31.6 Å². The van der Waals surface area contributed by atoms with E-state index in [-0.39, 0.29) is 5.91 Å². The van der Waals surface area contributed by atoms with Gasteiger partial charge in [0.2, 0.25) is 0 Å². The second-order valence-electron chi connectivity index (χ2n) is 6.44. The van der Waals surface area contributed by atoms with E-state index in [0.29, 0.717) is 17.1 Å². The molecular formula is C18H21N3O3. The summed E-state index contributed by atoms with van der Waals surface area (Å²) in [6.07, 6.45) is 4.87. The third kappa shape index (κ3) is 2.52. The van der Waals surface area contributed by atoms with Gasteiger partial charge in [-0.3, -0.25) is 9.48 Å². The van der Waals surface area contributed by atoms with E-state index in [0.717, 1.165) is 43.5 Å². The third-order valence-corrected chi connectivity index (χ3v) is 4.68. The molecular weight excluding hydrogens is 306 g/mol. The van der Waals surface area contributed by atoms with Gasteiger partial charge in [-0.2, -0.15) is 5.10 Å².